The smallest absolute Gasteiger partial charge is 0.354 e. The van der Waals surface area contributed by atoms with Gasteiger partial charge in [-0.2, -0.15) is 0 Å². The number of carbonyl (C=O) groups is 4. The van der Waals surface area contributed by atoms with Crippen molar-refractivity contribution >= 4 is 23.9 Å². The van der Waals surface area contributed by atoms with Crippen molar-refractivity contribution in [2.24, 2.45) is 0 Å². The van der Waals surface area contributed by atoms with Crippen molar-refractivity contribution in [3.8, 4) is 0 Å². The fourth-order valence-electron chi connectivity index (χ4n) is 0.836. The molecular formula is C10H13NO7. The Morgan fingerprint density at radius 3 is 2.28 bits per heavy atom. The van der Waals surface area contributed by atoms with Crippen LogP contribution >= 0.6 is 0 Å². The molecule has 0 spiro atoms. The van der Waals surface area contributed by atoms with Crippen LogP contribution in [0.15, 0.2) is 11.8 Å². The zero-order valence-electron chi connectivity index (χ0n) is 9.89. The van der Waals surface area contributed by atoms with Crippen molar-refractivity contribution in [2.75, 3.05) is 13.2 Å². The van der Waals surface area contributed by atoms with Gasteiger partial charge < -0.3 is 19.9 Å². The number of ether oxygens (including phenoxy) is 2. The monoisotopic (exact) mass is 259 g/mol. The van der Waals surface area contributed by atoms with E-state index in [4.69, 9.17) is 5.11 Å². The van der Waals surface area contributed by atoms with Gasteiger partial charge in [0.25, 0.3) is 0 Å². The van der Waals surface area contributed by atoms with Crippen molar-refractivity contribution in [1.29, 1.82) is 0 Å². The minimum Gasteiger partial charge on any atom is -0.480 e. The van der Waals surface area contributed by atoms with Gasteiger partial charge in [0, 0.05) is 13.1 Å². The Kier molecular flexibility index (Phi) is 6.79. The topological polar surface area (TPSA) is 119 Å². The molecular weight excluding hydrogens is 246 g/mol. The van der Waals surface area contributed by atoms with Crippen LogP contribution in [-0.4, -0.2) is 42.1 Å². The third kappa shape index (κ3) is 6.26. The van der Waals surface area contributed by atoms with Gasteiger partial charge in [0.2, 0.25) is 0 Å². The standard InChI is InChI=1S/C10H13NO7/c1-3-17-9(15)7(4-11-5-8(13)14)10(16)18-6(2)12/h4,11H,3,5H2,1-2H3,(H,13,14)/b7-4-. The molecule has 0 saturated carbocycles. The quantitative estimate of drug-likeness (QED) is 0.275. The molecule has 0 atom stereocenters. The molecule has 0 aromatic carbocycles. The molecule has 8 nitrogen and oxygen atoms in total. The van der Waals surface area contributed by atoms with E-state index < -0.39 is 36.0 Å². The number of carbonyl (C=O) groups excluding carboxylic acids is 3. The zero-order valence-corrected chi connectivity index (χ0v) is 9.89. The van der Waals surface area contributed by atoms with E-state index in [1.807, 2.05) is 0 Å². The van der Waals surface area contributed by atoms with Crippen molar-refractivity contribution in [3.05, 3.63) is 11.8 Å². The first-order valence-corrected chi connectivity index (χ1v) is 4.93. The summed E-state index contributed by atoms with van der Waals surface area (Å²) in [5.41, 5.74) is -0.590. The Morgan fingerprint density at radius 1 is 1.22 bits per heavy atom. The lowest BCUT2D eigenvalue weighted by molar-refractivity contribution is -0.157. The predicted molar refractivity (Wildman–Crippen MR) is 57.1 cm³/mol. The first-order chi connectivity index (χ1) is 8.38. The first-order valence-electron chi connectivity index (χ1n) is 4.93. The Morgan fingerprint density at radius 2 is 1.83 bits per heavy atom. The summed E-state index contributed by atoms with van der Waals surface area (Å²) in [6.07, 6.45) is 0.831. The fourth-order valence-corrected chi connectivity index (χ4v) is 0.836. The fraction of sp³-hybridized carbons (Fsp3) is 0.400. The summed E-state index contributed by atoms with van der Waals surface area (Å²) in [5, 5.41) is 10.6. The van der Waals surface area contributed by atoms with Gasteiger partial charge in [0.05, 0.1) is 6.61 Å². The van der Waals surface area contributed by atoms with Crippen LogP contribution in [0.5, 0.6) is 0 Å². The van der Waals surface area contributed by atoms with E-state index in [0.29, 0.717) is 0 Å². The molecule has 0 aliphatic heterocycles. The molecule has 0 amide bonds. The number of nitrogens with one attached hydrogen (secondary N) is 1. The van der Waals surface area contributed by atoms with E-state index in [0.717, 1.165) is 13.1 Å². The van der Waals surface area contributed by atoms with Gasteiger partial charge in [-0.05, 0) is 6.92 Å². The predicted octanol–water partition coefficient (Wildman–Crippen LogP) is -0.803. The summed E-state index contributed by atoms with van der Waals surface area (Å²) < 4.78 is 8.76. The molecule has 18 heavy (non-hydrogen) atoms. The average molecular weight is 259 g/mol. The first kappa shape index (κ1) is 15.6. The molecule has 100 valence electrons. The van der Waals surface area contributed by atoms with Gasteiger partial charge >= 0.3 is 23.9 Å². The van der Waals surface area contributed by atoms with Crippen molar-refractivity contribution in [3.63, 3.8) is 0 Å². The Labute approximate surface area is 103 Å². The van der Waals surface area contributed by atoms with Crippen LogP contribution in [-0.2, 0) is 28.7 Å². The van der Waals surface area contributed by atoms with Gasteiger partial charge in [-0.3, -0.25) is 9.59 Å². The Balaban J connectivity index is 4.80. The van der Waals surface area contributed by atoms with Crippen LogP contribution in [0, 0.1) is 0 Å². The molecule has 0 aliphatic rings. The molecule has 0 aromatic heterocycles. The lowest BCUT2D eigenvalue weighted by atomic mass is 10.3. The van der Waals surface area contributed by atoms with Crippen molar-refractivity contribution in [2.45, 2.75) is 13.8 Å². The molecule has 8 heteroatoms. The number of aliphatic carboxylic acids is 1. The maximum atomic E-state index is 11.4. The van der Waals surface area contributed by atoms with Crippen LogP contribution in [0.25, 0.3) is 0 Å². The highest BCUT2D eigenvalue weighted by Gasteiger charge is 2.22. The van der Waals surface area contributed by atoms with E-state index in [1.165, 1.54) is 6.92 Å². The second-order valence-corrected chi connectivity index (χ2v) is 2.93. The van der Waals surface area contributed by atoms with Gasteiger partial charge in [0.1, 0.15) is 6.54 Å². The average Bonchev–Trinajstić information content (AvgIpc) is 2.22. The molecule has 0 rings (SSSR count). The van der Waals surface area contributed by atoms with Gasteiger partial charge in [0.15, 0.2) is 5.57 Å². The van der Waals surface area contributed by atoms with Gasteiger partial charge in [-0.15, -0.1) is 0 Å². The summed E-state index contributed by atoms with van der Waals surface area (Å²) in [4.78, 5) is 43.5. The maximum Gasteiger partial charge on any atom is 0.354 e. The van der Waals surface area contributed by atoms with Crippen LogP contribution < -0.4 is 5.32 Å². The molecule has 0 radical (unpaired) electrons. The summed E-state index contributed by atoms with van der Waals surface area (Å²) in [6.45, 7) is 2.03. The lowest BCUT2D eigenvalue weighted by Gasteiger charge is -2.05. The Hall–Kier alpha value is -2.38. The Bertz CT molecular complexity index is 386. The summed E-state index contributed by atoms with van der Waals surface area (Å²) in [7, 11) is 0. The van der Waals surface area contributed by atoms with E-state index in [9.17, 15) is 19.2 Å². The molecule has 2 N–H and O–H groups in total. The number of rotatable bonds is 6. The molecule has 0 fully saturated rings. The zero-order chi connectivity index (χ0) is 14.1. The number of carboxylic acids is 1. The normalized spacial score (nSPS) is 10.4. The molecule has 0 unspecified atom stereocenters. The number of esters is 3. The maximum absolute atomic E-state index is 11.4. The highest BCUT2D eigenvalue weighted by molar-refractivity contribution is 6.15. The third-order valence-corrected chi connectivity index (χ3v) is 1.45. The van der Waals surface area contributed by atoms with E-state index in [1.54, 1.807) is 0 Å². The third-order valence-electron chi connectivity index (χ3n) is 1.45. The van der Waals surface area contributed by atoms with Crippen LogP contribution in [0.3, 0.4) is 0 Å². The van der Waals surface area contributed by atoms with Gasteiger partial charge in [-0.25, -0.2) is 9.59 Å². The molecule has 0 aromatic rings. The number of hydrogen-bond donors (Lipinski definition) is 2. The second-order valence-electron chi connectivity index (χ2n) is 2.93. The minimum atomic E-state index is -1.21. The summed E-state index contributed by atoms with van der Waals surface area (Å²) >= 11 is 0. The van der Waals surface area contributed by atoms with E-state index in [-0.39, 0.29) is 6.61 Å². The molecule has 0 aliphatic carbocycles. The lowest BCUT2D eigenvalue weighted by Crippen LogP contribution is -2.24. The highest BCUT2D eigenvalue weighted by atomic mass is 16.6. The van der Waals surface area contributed by atoms with Crippen LogP contribution in [0.4, 0.5) is 0 Å². The SMILES string of the molecule is CCOC(=O)/C(=C/NCC(=O)O)C(=O)OC(C)=O. The van der Waals surface area contributed by atoms with Crippen molar-refractivity contribution in [1.82, 2.24) is 5.32 Å². The minimum absolute atomic E-state index is 0.0163. The molecule has 0 saturated heterocycles. The number of carboxylic acid groups (broad SMARTS) is 1. The van der Waals surface area contributed by atoms with Crippen LogP contribution in [0.1, 0.15) is 13.8 Å². The largest absolute Gasteiger partial charge is 0.480 e. The van der Waals surface area contributed by atoms with E-state index in [2.05, 4.69) is 14.8 Å². The van der Waals surface area contributed by atoms with Crippen LogP contribution in [0.2, 0.25) is 0 Å². The van der Waals surface area contributed by atoms with E-state index >= 15 is 0 Å². The summed E-state index contributed by atoms with van der Waals surface area (Å²) in [6, 6.07) is 0. The summed E-state index contributed by atoms with van der Waals surface area (Å²) in [5.74, 6) is -4.30. The molecule has 0 bridgehead atoms. The molecule has 0 heterocycles. The highest BCUT2D eigenvalue weighted by Crippen LogP contribution is 2.01. The second kappa shape index (κ2) is 7.82. The van der Waals surface area contributed by atoms with Gasteiger partial charge in [-0.1, -0.05) is 0 Å². The number of hydrogen-bond acceptors (Lipinski definition) is 7. The van der Waals surface area contributed by atoms with Crippen molar-refractivity contribution < 1.29 is 33.8 Å².